The molecule has 0 aromatic carbocycles. The minimum Gasteiger partial charge on any atom is -0.652 e. The molecule has 3 nitrogen and oxygen atoms in total. The Kier molecular flexibility index (Phi) is 22.7. The standard InChI is InChI=1S/CH2O3.Al.3ClH.Mg/c2-1(3)4;;;;;/h(H2,2,3,4);;3*1H;/q;+3;;;;+2/p-5. The Bertz CT molecular complexity index is 63.3. The van der Waals surface area contributed by atoms with Gasteiger partial charge in [0.2, 0.25) is 0 Å². The van der Waals surface area contributed by atoms with Gasteiger partial charge in [-0.1, -0.05) is 0 Å². The van der Waals surface area contributed by atoms with Crippen LogP contribution in [0.25, 0.3) is 0 Å². The van der Waals surface area contributed by atoms with Gasteiger partial charge in [0.05, 0.1) is 0 Å². The van der Waals surface area contributed by atoms with E-state index < -0.39 is 17.5 Å². The molecule has 0 aliphatic heterocycles. The molecule has 0 saturated heterocycles. The molecule has 0 aliphatic rings. The first-order valence-electron chi connectivity index (χ1n) is 1.27. The average Bonchev–Trinajstić information content (AvgIpc) is 1.25. The molecule has 8 heteroatoms. The summed E-state index contributed by atoms with van der Waals surface area (Å²) in [5.41, 5.74) is 0. The van der Waals surface area contributed by atoms with Crippen LogP contribution < -0.4 is 10.2 Å². The molecule has 0 amide bonds. The van der Waals surface area contributed by atoms with Crippen molar-refractivity contribution in [2.45, 2.75) is 0 Å². The summed E-state index contributed by atoms with van der Waals surface area (Å²) in [4.78, 5) is 8.33. The SMILES string of the molecule is O=C([O-])[O-].[Cl][Al]([Cl])[Cl].[Mg+2]. The molecule has 0 atom stereocenters. The van der Waals surface area contributed by atoms with Gasteiger partial charge in [-0.05, 0) is 6.16 Å². The summed E-state index contributed by atoms with van der Waals surface area (Å²) in [6, 6.07) is 0. The summed E-state index contributed by atoms with van der Waals surface area (Å²) in [6.07, 6.45) is -2.33. The van der Waals surface area contributed by atoms with Crippen molar-refractivity contribution in [3.63, 3.8) is 0 Å². The fourth-order valence-corrected chi connectivity index (χ4v) is 0. The van der Waals surface area contributed by atoms with Crippen LogP contribution >= 0.6 is 30.1 Å². The molecule has 0 aromatic heterocycles. The number of hydrogen-bond donors (Lipinski definition) is 0. The van der Waals surface area contributed by atoms with Gasteiger partial charge in [-0.2, -0.15) is 0 Å². The minimum atomic E-state index is -2.33. The quantitative estimate of drug-likeness (QED) is 0.482. The Morgan fingerprint density at radius 3 is 1.22 bits per heavy atom. The number of carbonyl (C=O) groups excluding carboxylic acids is 1. The van der Waals surface area contributed by atoms with Crippen LogP contribution in [0.3, 0.4) is 0 Å². The zero-order chi connectivity index (χ0) is 7.15. The van der Waals surface area contributed by atoms with Crippen LogP contribution in [0.2, 0.25) is 0 Å². The normalized spacial score (nSPS) is 5.67. The topological polar surface area (TPSA) is 63.2 Å². The number of hydrogen-bond acceptors (Lipinski definition) is 3. The minimum absolute atomic E-state index is 0. The van der Waals surface area contributed by atoms with Gasteiger partial charge in [-0.15, -0.1) is 0 Å². The molecule has 0 aliphatic carbocycles. The van der Waals surface area contributed by atoms with Gasteiger partial charge in [-0.3, -0.25) is 0 Å². The van der Waals surface area contributed by atoms with Crippen molar-refractivity contribution in [2.75, 3.05) is 0 Å². The van der Waals surface area contributed by atoms with Crippen molar-refractivity contribution in [1.82, 2.24) is 0 Å². The maximum atomic E-state index is 8.33. The second-order valence-electron chi connectivity index (χ2n) is 0.497. The Morgan fingerprint density at radius 2 is 1.22 bits per heavy atom. The zero-order valence-electron chi connectivity index (χ0n) is 4.14. The molecule has 0 spiro atoms. The maximum absolute atomic E-state index is 8.33. The van der Waals surface area contributed by atoms with Crippen LogP contribution in [0.5, 0.6) is 0 Å². The number of carbonyl (C=O) groups is 1. The van der Waals surface area contributed by atoms with Crippen molar-refractivity contribution in [2.24, 2.45) is 0 Å². The van der Waals surface area contributed by atoms with Crippen molar-refractivity contribution >= 4 is 70.7 Å². The van der Waals surface area contributed by atoms with Gasteiger partial charge in [0, 0.05) is 0 Å². The van der Waals surface area contributed by atoms with Crippen molar-refractivity contribution in [1.29, 1.82) is 0 Å². The van der Waals surface area contributed by atoms with E-state index in [4.69, 9.17) is 45.2 Å². The Balaban J connectivity index is -0.0000000720. The first-order valence-corrected chi connectivity index (χ1v) is 6.50. The van der Waals surface area contributed by atoms with E-state index in [0.29, 0.717) is 0 Å². The van der Waals surface area contributed by atoms with Gasteiger partial charge in [-0.25, -0.2) is 30.1 Å². The van der Waals surface area contributed by atoms with Gasteiger partial charge >= 0.3 is 34.4 Å². The Morgan fingerprint density at radius 1 is 1.22 bits per heavy atom. The predicted octanol–water partition coefficient (Wildman–Crippen LogP) is -1.14. The molecule has 0 heterocycles. The first-order chi connectivity index (χ1) is 3.46. The van der Waals surface area contributed by atoms with E-state index in [1.165, 1.54) is 0 Å². The third kappa shape index (κ3) is 252. The second kappa shape index (κ2) is 12.1. The molecule has 0 aromatic rings. The zero-order valence-corrected chi connectivity index (χ0v) is 8.98. The van der Waals surface area contributed by atoms with Crippen LogP contribution in [0.1, 0.15) is 0 Å². The number of rotatable bonds is 0. The molecule has 0 bridgehead atoms. The van der Waals surface area contributed by atoms with E-state index in [0.717, 1.165) is 0 Å². The van der Waals surface area contributed by atoms with Crippen LogP contribution in [0.4, 0.5) is 4.79 Å². The molecule has 0 rings (SSSR count). The number of halogens is 3. The predicted molar refractivity (Wildman–Crippen MR) is 34.5 cm³/mol. The molecular weight excluding hydrogens is 218 g/mol. The van der Waals surface area contributed by atoms with E-state index in [1.807, 2.05) is 0 Å². The molecule has 0 N–H and O–H groups in total. The third-order valence-corrected chi connectivity index (χ3v) is 0. The summed E-state index contributed by atoms with van der Waals surface area (Å²) >= 11 is -1.72. The molecule has 0 saturated carbocycles. The summed E-state index contributed by atoms with van der Waals surface area (Å²) in [6.45, 7) is 0. The maximum Gasteiger partial charge on any atom is 2.00 e. The summed E-state index contributed by atoms with van der Waals surface area (Å²) in [5, 5.41) is 16.7. The van der Waals surface area contributed by atoms with Gasteiger partial charge in [0.25, 0.3) is 0 Å². The fraction of sp³-hybridized carbons (Fsp3) is 0. The summed E-state index contributed by atoms with van der Waals surface area (Å²) in [7, 11) is 14.8. The monoisotopic (exact) mass is 216 g/mol. The first kappa shape index (κ1) is 16.8. The second-order valence-corrected chi connectivity index (χ2v) is 6.93. The van der Waals surface area contributed by atoms with Crippen LogP contribution in [0, 0.1) is 0 Å². The molecule has 0 fully saturated rings. The van der Waals surface area contributed by atoms with E-state index in [2.05, 4.69) is 0 Å². The number of carboxylic acid groups (broad SMARTS) is 2. The third-order valence-electron chi connectivity index (χ3n) is 0. The average molecular weight is 218 g/mol. The molecular formula is CAlCl3MgO3. The fourth-order valence-electron chi connectivity index (χ4n) is 0. The van der Waals surface area contributed by atoms with E-state index >= 15 is 0 Å². The van der Waals surface area contributed by atoms with Crippen molar-refractivity contribution in [3.05, 3.63) is 0 Å². The van der Waals surface area contributed by atoms with Crippen LogP contribution in [-0.2, 0) is 0 Å². The Labute approximate surface area is 85.0 Å². The van der Waals surface area contributed by atoms with Crippen molar-refractivity contribution < 1.29 is 15.0 Å². The summed E-state index contributed by atoms with van der Waals surface area (Å²) in [5.74, 6) is 0. The smallest absolute Gasteiger partial charge is 0.652 e. The summed E-state index contributed by atoms with van der Waals surface area (Å²) < 4.78 is 0. The van der Waals surface area contributed by atoms with Gasteiger partial charge in [0.15, 0.2) is 0 Å². The van der Waals surface area contributed by atoms with Crippen LogP contribution in [-0.4, -0.2) is 40.6 Å². The Hall–Kier alpha value is 1.44. The van der Waals surface area contributed by atoms with Gasteiger partial charge in [0.1, 0.15) is 0 Å². The van der Waals surface area contributed by atoms with E-state index in [-0.39, 0.29) is 23.1 Å². The molecule has 9 heavy (non-hydrogen) atoms. The van der Waals surface area contributed by atoms with Crippen molar-refractivity contribution in [3.8, 4) is 0 Å². The van der Waals surface area contributed by atoms with Crippen LogP contribution in [0.15, 0.2) is 0 Å². The van der Waals surface area contributed by atoms with E-state index in [9.17, 15) is 0 Å². The van der Waals surface area contributed by atoms with E-state index in [1.54, 1.807) is 0 Å². The molecule has 0 unspecified atom stereocenters. The molecule has 48 valence electrons. The van der Waals surface area contributed by atoms with Gasteiger partial charge < -0.3 is 15.0 Å². The largest absolute Gasteiger partial charge is 2.00 e. The molecule has 0 radical (unpaired) electrons.